The van der Waals surface area contributed by atoms with E-state index in [1.54, 1.807) is 6.20 Å². The van der Waals surface area contributed by atoms with Gasteiger partial charge in [-0.1, -0.05) is 60.7 Å². The molecule has 110 valence electrons. The van der Waals surface area contributed by atoms with Crippen LogP contribution in [0.25, 0.3) is 28.2 Å². The smallest absolute Gasteiger partial charge is 0.0934 e. The lowest BCUT2D eigenvalue weighted by Gasteiger charge is -2.06. The van der Waals surface area contributed by atoms with Gasteiger partial charge in [0.15, 0.2) is 0 Å². The van der Waals surface area contributed by atoms with Crippen molar-refractivity contribution in [2.75, 3.05) is 0 Å². The summed E-state index contributed by atoms with van der Waals surface area (Å²) >= 11 is 0. The summed E-state index contributed by atoms with van der Waals surface area (Å²) in [5, 5.41) is 4.80. The predicted octanol–water partition coefficient (Wildman–Crippen LogP) is 4.60. The standard InChI is InChI=1S/C20H15N3/c1-3-8-16(9-4-1)19-14-20(17-10-5-2-6-11-17)23(22-19)18-12-7-13-21-15-18/h1-15H. The Labute approximate surface area is 134 Å². The van der Waals surface area contributed by atoms with Crippen LogP contribution in [0.5, 0.6) is 0 Å². The van der Waals surface area contributed by atoms with E-state index in [0.717, 1.165) is 28.2 Å². The molecule has 2 aromatic carbocycles. The first-order chi connectivity index (χ1) is 11.4. The van der Waals surface area contributed by atoms with Gasteiger partial charge in [0.2, 0.25) is 0 Å². The predicted molar refractivity (Wildman–Crippen MR) is 92.2 cm³/mol. The van der Waals surface area contributed by atoms with Crippen molar-refractivity contribution in [2.45, 2.75) is 0 Å². The molecule has 0 spiro atoms. The number of benzene rings is 2. The highest BCUT2D eigenvalue weighted by molar-refractivity contribution is 5.70. The summed E-state index contributed by atoms with van der Waals surface area (Å²) in [5.41, 5.74) is 5.19. The van der Waals surface area contributed by atoms with Gasteiger partial charge >= 0.3 is 0 Å². The number of aromatic nitrogens is 3. The van der Waals surface area contributed by atoms with Crippen molar-refractivity contribution in [3.63, 3.8) is 0 Å². The molecule has 0 saturated heterocycles. The second kappa shape index (κ2) is 5.89. The van der Waals surface area contributed by atoms with Crippen molar-refractivity contribution in [3.05, 3.63) is 91.3 Å². The molecular weight excluding hydrogens is 282 g/mol. The number of rotatable bonds is 3. The molecule has 0 atom stereocenters. The summed E-state index contributed by atoms with van der Waals surface area (Å²) in [5.74, 6) is 0. The molecule has 3 nitrogen and oxygen atoms in total. The Morgan fingerprint density at radius 3 is 2.04 bits per heavy atom. The molecule has 4 aromatic rings. The van der Waals surface area contributed by atoms with Crippen LogP contribution in [0.2, 0.25) is 0 Å². The lowest BCUT2D eigenvalue weighted by Crippen LogP contribution is -1.99. The van der Waals surface area contributed by atoms with Gasteiger partial charge in [-0.05, 0) is 18.2 Å². The highest BCUT2D eigenvalue weighted by Crippen LogP contribution is 2.28. The fourth-order valence-electron chi connectivity index (χ4n) is 2.62. The van der Waals surface area contributed by atoms with Gasteiger partial charge in [-0.25, -0.2) is 4.68 Å². The molecule has 0 aliphatic heterocycles. The second-order valence-electron chi connectivity index (χ2n) is 5.27. The van der Waals surface area contributed by atoms with Crippen LogP contribution in [0.1, 0.15) is 0 Å². The third-order valence-corrected chi connectivity index (χ3v) is 3.74. The first kappa shape index (κ1) is 13.5. The average Bonchev–Trinajstić information content (AvgIpc) is 3.09. The van der Waals surface area contributed by atoms with E-state index in [0.29, 0.717) is 0 Å². The van der Waals surface area contributed by atoms with Crippen molar-refractivity contribution >= 4 is 0 Å². The zero-order valence-corrected chi connectivity index (χ0v) is 12.5. The quantitative estimate of drug-likeness (QED) is 0.553. The van der Waals surface area contributed by atoms with Gasteiger partial charge in [0, 0.05) is 17.3 Å². The molecule has 2 heterocycles. The molecule has 0 aliphatic carbocycles. The maximum atomic E-state index is 4.80. The van der Waals surface area contributed by atoms with Crippen molar-refractivity contribution in [2.24, 2.45) is 0 Å². The van der Waals surface area contributed by atoms with Crippen LogP contribution >= 0.6 is 0 Å². The van der Waals surface area contributed by atoms with Crippen LogP contribution in [-0.4, -0.2) is 14.8 Å². The van der Waals surface area contributed by atoms with Crippen molar-refractivity contribution in [3.8, 4) is 28.2 Å². The van der Waals surface area contributed by atoms with E-state index in [-0.39, 0.29) is 0 Å². The minimum atomic E-state index is 0.952. The molecule has 0 unspecified atom stereocenters. The van der Waals surface area contributed by atoms with E-state index in [1.807, 2.05) is 59.4 Å². The maximum absolute atomic E-state index is 4.80. The zero-order chi connectivity index (χ0) is 15.5. The summed E-state index contributed by atoms with van der Waals surface area (Å²) in [7, 11) is 0. The SMILES string of the molecule is c1ccc(-c2cc(-c3ccccc3)n(-c3cccnc3)n2)cc1. The van der Waals surface area contributed by atoms with E-state index in [2.05, 4.69) is 35.3 Å². The molecule has 23 heavy (non-hydrogen) atoms. The average molecular weight is 297 g/mol. The van der Waals surface area contributed by atoms with E-state index in [1.165, 1.54) is 0 Å². The van der Waals surface area contributed by atoms with Crippen LogP contribution in [-0.2, 0) is 0 Å². The van der Waals surface area contributed by atoms with Crippen LogP contribution in [0, 0.1) is 0 Å². The number of nitrogens with zero attached hydrogens (tertiary/aromatic N) is 3. The van der Waals surface area contributed by atoms with Crippen LogP contribution < -0.4 is 0 Å². The Morgan fingerprint density at radius 2 is 1.39 bits per heavy atom. The first-order valence-corrected chi connectivity index (χ1v) is 7.53. The minimum Gasteiger partial charge on any atom is -0.262 e. The summed E-state index contributed by atoms with van der Waals surface area (Å²) in [6.07, 6.45) is 3.60. The Morgan fingerprint density at radius 1 is 0.696 bits per heavy atom. The Hall–Kier alpha value is -3.20. The van der Waals surface area contributed by atoms with E-state index in [4.69, 9.17) is 5.10 Å². The molecule has 2 aromatic heterocycles. The van der Waals surface area contributed by atoms with Gasteiger partial charge in [-0.15, -0.1) is 0 Å². The first-order valence-electron chi connectivity index (χ1n) is 7.53. The fraction of sp³-hybridized carbons (Fsp3) is 0. The summed E-state index contributed by atoms with van der Waals surface area (Å²) < 4.78 is 1.95. The third kappa shape index (κ3) is 2.64. The Kier molecular flexibility index (Phi) is 3.45. The Bertz CT molecular complexity index is 841. The number of pyridine rings is 1. The summed E-state index contributed by atoms with van der Waals surface area (Å²) in [6, 6.07) is 26.6. The molecule has 0 radical (unpaired) electrons. The largest absolute Gasteiger partial charge is 0.262 e. The molecular formula is C20H15N3. The summed E-state index contributed by atoms with van der Waals surface area (Å²) in [4.78, 5) is 4.22. The normalized spacial score (nSPS) is 10.6. The lowest BCUT2D eigenvalue weighted by atomic mass is 10.1. The van der Waals surface area contributed by atoms with Crippen LogP contribution in [0.15, 0.2) is 91.3 Å². The van der Waals surface area contributed by atoms with Gasteiger partial charge in [0.25, 0.3) is 0 Å². The molecule has 4 rings (SSSR count). The Balaban J connectivity index is 1.91. The van der Waals surface area contributed by atoms with E-state index >= 15 is 0 Å². The summed E-state index contributed by atoms with van der Waals surface area (Å²) in [6.45, 7) is 0. The lowest BCUT2D eigenvalue weighted by molar-refractivity contribution is 0.885. The third-order valence-electron chi connectivity index (χ3n) is 3.74. The molecule has 0 amide bonds. The molecule has 3 heteroatoms. The highest BCUT2D eigenvalue weighted by atomic mass is 15.3. The van der Waals surface area contributed by atoms with Crippen molar-refractivity contribution < 1.29 is 0 Å². The van der Waals surface area contributed by atoms with Gasteiger partial charge in [0.05, 0.1) is 23.3 Å². The van der Waals surface area contributed by atoms with Gasteiger partial charge < -0.3 is 0 Å². The molecule has 0 aliphatic rings. The molecule has 0 bridgehead atoms. The topological polar surface area (TPSA) is 30.7 Å². The van der Waals surface area contributed by atoms with Gasteiger partial charge in [0.1, 0.15) is 0 Å². The maximum Gasteiger partial charge on any atom is 0.0934 e. The number of hydrogen-bond acceptors (Lipinski definition) is 2. The minimum absolute atomic E-state index is 0.952. The highest BCUT2D eigenvalue weighted by Gasteiger charge is 2.12. The van der Waals surface area contributed by atoms with E-state index < -0.39 is 0 Å². The van der Waals surface area contributed by atoms with Gasteiger partial charge in [-0.3, -0.25) is 4.98 Å². The van der Waals surface area contributed by atoms with Crippen LogP contribution in [0.4, 0.5) is 0 Å². The zero-order valence-electron chi connectivity index (χ0n) is 12.5. The fourth-order valence-corrected chi connectivity index (χ4v) is 2.62. The van der Waals surface area contributed by atoms with E-state index in [9.17, 15) is 0 Å². The molecule has 0 N–H and O–H groups in total. The van der Waals surface area contributed by atoms with Crippen molar-refractivity contribution in [1.82, 2.24) is 14.8 Å². The number of hydrogen-bond donors (Lipinski definition) is 0. The van der Waals surface area contributed by atoms with Crippen molar-refractivity contribution in [1.29, 1.82) is 0 Å². The van der Waals surface area contributed by atoms with Crippen LogP contribution in [0.3, 0.4) is 0 Å². The molecule has 0 fully saturated rings. The monoisotopic (exact) mass is 297 g/mol. The second-order valence-corrected chi connectivity index (χ2v) is 5.27. The van der Waals surface area contributed by atoms with Gasteiger partial charge in [-0.2, -0.15) is 5.10 Å². The molecule has 0 saturated carbocycles.